The molecule has 0 atom stereocenters. The zero-order chi connectivity index (χ0) is 14.7. The minimum absolute atomic E-state index is 0.0176. The molecule has 0 aliphatic carbocycles. The summed E-state index contributed by atoms with van der Waals surface area (Å²) in [5, 5.41) is 25.7. The van der Waals surface area contributed by atoms with E-state index in [1.165, 1.54) is 0 Å². The molecule has 2 rings (SSSR count). The van der Waals surface area contributed by atoms with E-state index in [0.29, 0.717) is 17.2 Å². The number of rotatable bonds is 3. The first-order chi connectivity index (χ1) is 9.52. The normalized spacial score (nSPS) is 10.3. The highest BCUT2D eigenvalue weighted by Gasteiger charge is 2.21. The number of aryl methyl sites for hydroxylation is 1. The molecule has 0 aliphatic heterocycles. The molecule has 4 N–H and O–H groups in total. The summed E-state index contributed by atoms with van der Waals surface area (Å²) in [6, 6.07) is 7.40. The number of benzene rings is 1. The van der Waals surface area contributed by atoms with Crippen LogP contribution in [0.25, 0.3) is 11.3 Å². The average Bonchev–Trinajstić information content (AvgIpc) is 2.68. The first-order valence-corrected chi connectivity index (χ1v) is 6.60. The molecule has 0 aliphatic rings. The van der Waals surface area contributed by atoms with E-state index in [1.807, 2.05) is 26.0 Å². The van der Waals surface area contributed by atoms with Gasteiger partial charge >= 0.3 is 0 Å². The van der Waals surface area contributed by atoms with Crippen molar-refractivity contribution in [2.75, 3.05) is 11.9 Å². The Kier molecular flexibility index (Phi) is 4.14. The van der Waals surface area contributed by atoms with Crippen LogP contribution in [0.5, 0.6) is 11.5 Å². The Morgan fingerprint density at radius 3 is 2.45 bits per heavy atom. The van der Waals surface area contributed by atoms with Crippen LogP contribution in [0.4, 0.5) is 5.88 Å². The smallest absolute Gasteiger partial charge is 0.246 e. The van der Waals surface area contributed by atoms with Crippen molar-refractivity contribution in [2.45, 2.75) is 13.8 Å². The second kappa shape index (κ2) is 5.83. The Bertz CT molecular complexity index is 620. The van der Waals surface area contributed by atoms with E-state index >= 15 is 0 Å². The maximum atomic E-state index is 9.94. The lowest BCUT2D eigenvalue weighted by atomic mass is 10.1. The van der Waals surface area contributed by atoms with E-state index in [1.54, 1.807) is 12.1 Å². The predicted octanol–water partition coefficient (Wildman–Crippen LogP) is 2.97. The van der Waals surface area contributed by atoms with Crippen molar-refractivity contribution in [3.8, 4) is 22.8 Å². The monoisotopic (exact) mass is 292 g/mol. The minimum atomic E-state index is -0.360. The molecule has 0 radical (unpaired) electrons. The molecule has 1 aromatic heterocycles. The van der Waals surface area contributed by atoms with Crippen LogP contribution in [-0.2, 0) is 0 Å². The third-order valence-corrected chi connectivity index (χ3v) is 2.98. The van der Waals surface area contributed by atoms with Gasteiger partial charge in [0.2, 0.25) is 17.4 Å². The molecule has 0 bridgehead atoms. The van der Waals surface area contributed by atoms with Crippen LogP contribution in [0.1, 0.15) is 12.5 Å². The second-order valence-corrected chi connectivity index (χ2v) is 4.72. The summed E-state index contributed by atoms with van der Waals surface area (Å²) in [4.78, 5) is 0. The fourth-order valence-corrected chi connectivity index (χ4v) is 1.94. The molecule has 0 saturated heterocycles. The molecule has 6 heteroatoms. The van der Waals surface area contributed by atoms with Gasteiger partial charge in [-0.05, 0) is 26.1 Å². The van der Waals surface area contributed by atoms with Gasteiger partial charge in [0.25, 0.3) is 0 Å². The van der Waals surface area contributed by atoms with E-state index in [0.717, 1.165) is 5.56 Å². The van der Waals surface area contributed by atoms with Crippen molar-refractivity contribution in [3.63, 3.8) is 0 Å². The molecule has 5 nitrogen and oxygen atoms in total. The number of hydrogen-bond donors (Lipinski definition) is 4. The molecule has 1 heterocycles. The highest BCUT2D eigenvalue weighted by Crippen LogP contribution is 2.45. The summed E-state index contributed by atoms with van der Waals surface area (Å²) in [6.45, 7) is 4.50. The molecule has 20 heavy (non-hydrogen) atoms. The van der Waals surface area contributed by atoms with Crippen molar-refractivity contribution < 1.29 is 14.6 Å². The Labute approximate surface area is 122 Å². The predicted molar refractivity (Wildman–Crippen MR) is 82.1 cm³/mol. The minimum Gasteiger partial charge on any atom is -0.502 e. The topological polar surface area (TPSA) is 77.7 Å². The second-order valence-electron chi connectivity index (χ2n) is 4.31. The molecule has 106 valence electrons. The molecule has 1 aromatic carbocycles. The summed E-state index contributed by atoms with van der Waals surface area (Å²) in [5.41, 5.74) is 1.77. The van der Waals surface area contributed by atoms with E-state index in [9.17, 15) is 10.2 Å². The lowest BCUT2D eigenvalue weighted by Gasteiger charge is -2.05. The average molecular weight is 292 g/mol. The Balaban J connectivity index is 2.32. The Morgan fingerprint density at radius 1 is 1.20 bits per heavy atom. The molecule has 2 aromatic rings. The first kappa shape index (κ1) is 14.2. The molecule has 0 fully saturated rings. The summed E-state index contributed by atoms with van der Waals surface area (Å²) in [5.74, 6) is -0.454. The standard InChI is InChI=1S/C14H16N2O3S/c1-3-15-14(20)16-13-11(18)10(17)12(19-13)9-6-4-8(2)5-7-9/h4-7,17-18H,3H2,1-2H3,(H2,15,16,20). The van der Waals surface area contributed by atoms with E-state index in [2.05, 4.69) is 10.6 Å². The third-order valence-electron chi connectivity index (χ3n) is 2.74. The van der Waals surface area contributed by atoms with Crippen LogP contribution < -0.4 is 10.6 Å². The highest BCUT2D eigenvalue weighted by atomic mass is 32.1. The molecule has 0 unspecified atom stereocenters. The van der Waals surface area contributed by atoms with Gasteiger partial charge in [0.05, 0.1) is 0 Å². The van der Waals surface area contributed by atoms with Crippen LogP contribution >= 0.6 is 12.2 Å². The van der Waals surface area contributed by atoms with Crippen LogP contribution in [0.3, 0.4) is 0 Å². The van der Waals surface area contributed by atoms with Gasteiger partial charge in [-0.15, -0.1) is 0 Å². The summed E-state index contributed by atoms with van der Waals surface area (Å²) < 4.78 is 5.45. The number of anilines is 1. The van der Waals surface area contributed by atoms with E-state index in [-0.39, 0.29) is 23.1 Å². The number of hydrogen-bond acceptors (Lipinski definition) is 4. The van der Waals surface area contributed by atoms with Crippen LogP contribution in [0, 0.1) is 6.92 Å². The largest absolute Gasteiger partial charge is 0.502 e. The maximum absolute atomic E-state index is 9.94. The molecule has 0 saturated carbocycles. The van der Waals surface area contributed by atoms with Gasteiger partial charge in [-0.3, -0.25) is 5.32 Å². The SMILES string of the molecule is CCNC(=S)Nc1oc(-c2ccc(C)cc2)c(O)c1O. The van der Waals surface area contributed by atoms with Crippen molar-refractivity contribution in [2.24, 2.45) is 0 Å². The van der Waals surface area contributed by atoms with Crippen molar-refractivity contribution in [3.05, 3.63) is 29.8 Å². The van der Waals surface area contributed by atoms with Gasteiger partial charge in [0.15, 0.2) is 10.9 Å². The molecular weight excluding hydrogens is 276 g/mol. The van der Waals surface area contributed by atoms with Gasteiger partial charge in [-0.1, -0.05) is 29.8 Å². The molecular formula is C14H16N2O3S. The summed E-state index contributed by atoms with van der Waals surface area (Å²) in [6.07, 6.45) is 0. The lowest BCUT2D eigenvalue weighted by molar-refractivity contribution is 0.410. The highest BCUT2D eigenvalue weighted by molar-refractivity contribution is 7.80. The van der Waals surface area contributed by atoms with Crippen molar-refractivity contribution in [1.29, 1.82) is 0 Å². The van der Waals surface area contributed by atoms with Gasteiger partial charge in [-0.25, -0.2) is 0 Å². The molecule has 0 amide bonds. The van der Waals surface area contributed by atoms with Gasteiger partial charge in [0.1, 0.15) is 0 Å². The van der Waals surface area contributed by atoms with Gasteiger partial charge in [0, 0.05) is 12.1 Å². The lowest BCUT2D eigenvalue weighted by Crippen LogP contribution is -2.27. The zero-order valence-corrected chi connectivity index (χ0v) is 12.0. The first-order valence-electron chi connectivity index (χ1n) is 6.19. The quantitative estimate of drug-likeness (QED) is 0.652. The van der Waals surface area contributed by atoms with Crippen LogP contribution in [0.15, 0.2) is 28.7 Å². The maximum Gasteiger partial charge on any atom is 0.246 e. The zero-order valence-electron chi connectivity index (χ0n) is 11.2. The van der Waals surface area contributed by atoms with Gasteiger partial charge < -0.3 is 19.9 Å². The molecule has 0 spiro atoms. The number of thiocarbonyl (C=S) groups is 1. The number of furan rings is 1. The number of nitrogens with one attached hydrogen (secondary N) is 2. The summed E-state index contributed by atoms with van der Waals surface area (Å²) >= 11 is 5.01. The third kappa shape index (κ3) is 2.85. The van der Waals surface area contributed by atoms with Crippen LogP contribution in [-0.4, -0.2) is 21.9 Å². The Morgan fingerprint density at radius 2 is 1.85 bits per heavy atom. The van der Waals surface area contributed by atoms with E-state index < -0.39 is 0 Å². The van der Waals surface area contributed by atoms with Crippen LogP contribution in [0.2, 0.25) is 0 Å². The number of aromatic hydroxyl groups is 2. The summed E-state index contributed by atoms with van der Waals surface area (Å²) in [7, 11) is 0. The van der Waals surface area contributed by atoms with Crippen molar-refractivity contribution >= 4 is 23.2 Å². The fraction of sp³-hybridized carbons (Fsp3) is 0.214. The van der Waals surface area contributed by atoms with Crippen molar-refractivity contribution in [1.82, 2.24) is 5.32 Å². The fourth-order valence-electron chi connectivity index (χ4n) is 1.71. The van der Waals surface area contributed by atoms with Gasteiger partial charge in [-0.2, -0.15) is 0 Å². The Hall–Kier alpha value is -2.21. The van der Waals surface area contributed by atoms with E-state index in [4.69, 9.17) is 16.6 Å².